The minimum absolute atomic E-state index is 0.152. The number of ketones is 1. The Morgan fingerprint density at radius 2 is 2.11 bits per heavy atom. The summed E-state index contributed by atoms with van der Waals surface area (Å²) in [5, 5.41) is 11.1. The molecule has 2 aromatic rings. The van der Waals surface area contributed by atoms with Gasteiger partial charge in [0.05, 0.1) is 18.3 Å². The maximum atomic E-state index is 12.2. The standard InChI is InChI=1S/C9H8F3N5O/c1-16-4-7(14-15-16)5-17-3-6(2-13-17)8(18)9(10,11)12/h2-4H,5H2,1H3. The van der Waals surface area contributed by atoms with Gasteiger partial charge in [-0.05, 0) is 0 Å². The van der Waals surface area contributed by atoms with Gasteiger partial charge in [0, 0.05) is 19.4 Å². The van der Waals surface area contributed by atoms with Gasteiger partial charge in [0.15, 0.2) is 0 Å². The van der Waals surface area contributed by atoms with Crippen molar-refractivity contribution in [1.29, 1.82) is 0 Å². The Balaban J connectivity index is 2.14. The molecule has 0 fully saturated rings. The van der Waals surface area contributed by atoms with Gasteiger partial charge in [-0.15, -0.1) is 5.10 Å². The minimum atomic E-state index is -4.89. The van der Waals surface area contributed by atoms with Gasteiger partial charge in [-0.2, -0.15) is 18.3 Å². The summed E-state index contributed by atoms with van der Waals surface area (Å²) in [5.41, 5.74) is 0.0398. The maximum absolute atomic E-state index is 12.2. The van der Waals surface area contributed by atoms with E-state index in [0.29, 0.717) is 5.69 Å². The topological polar surface area (TPSA) is 65.6 Å². The average Bonchev–Trinajstić information content (AvgIpc) is 2.86. The molecule has 0 unspecified atom stereocenters. The third kappa shape index (κ3) is 2.55. The van der Waals surface area contributed by atoms with E-state index in [0.717, 1.165) is 12.4 Å². The minimum Gasteiger partial charge on any atom is -0.284 e. The van der Waals surface area contributed by atoms with Crippen LogP contribution in [0.5, 0.6) is 0 Å². The van der Waals surface area contributed by atoms with Crippen LogP contribution >= 0.6 is 0 Å². The van der Waals surface area contributed by atoms with Crippen LogP contribution in [0.2, 0.25) is 0 Å². The number of nitrogens with zero attached hydrogens (tertiary/aromatic N) is 5. The van der Waals surface area contributed by atoms with E-state index in [2.05, 4.69) is 15.4 Å². The molecule has 0 amide bonds. The zero-order chi connectivity index (χ0) is 13.3. The summed E-state index contributed by atoms with van der Waals surface area (Å²) in [5.74, 6) is -1.91. The molecule has 0 saturated carbocycles. The third-order valence-electron chi connectivity index (χ3n) is 2.13. The molecule has 0 spiro atoms. The first-order valence-electron chi connectivity index (χ1n) is 4.85. The molecule has 0 aliphatic carbocycles. The molecule has 0 atom stereocenters. The maximum Gasteiger partial charge on any atom is 0.454 e. The molecular weight excluding hydrogens is 251 g/mol. The lowest BCUT2D eigenvalue weighted by Crippen LogP contribution is -2.22. The summed E-state index contributed by atoms with van der Waals surface area (Å²) in [6.45, 7) is 0.152. The summed E-state index contributed by atoms with van der Waals surface area (Å²) in [6, 6.07) is 0. The van der Waals surface area contributed by atoms with Gasteiger partial charge in [0.2, 0.25) is 0 Å². The van der Waals surface area contributed by atoms with E-state index in [-0.39, 0.29) is 6.54 Å². The predicted molar refractivity (Wildman–Crippen MR) is 52.7 cm³/mol. The van der Waals surface area contributed by atoms with Crippen molar-refractivity contribution in [3.05, 3.63) is 29.8 Å². The third-order valence-corrected chi connectivity index (χ3v) is 2.13. The average molecular weight is 259 g/mol. The highest BCUT2D eigenvalue weighted by Gasteiger charge is 2.39. The fraction of sp³-hybridized carbons (Fsp3) is 0.333. The summed E-state index contributed by atoms with van der Waals surface area (Å²) >= 11 is 0. The highest BCUT2D eigenvalue weighted by atomic mass is 19.4. The largest absolute Gasteiger partial charge is 0.454 e. The van der Waals surface area contributed by atoms with Crippen LogP contribution in [0, 0.1) is 0 Å². The molecular formula is C9H8F3N5O. The zero-order valence-electron chi connectivity index (χ0n) is 9.22. The monoisotopic (exact) mass is 259 g/mol. The Morgan fingerprint density at radius 3 is 2.67 bits per heavy atom. The first kappa shape index (κ1) is 12.3. The van der Waals surface area contributed by atoms with Crippen molar-refractivity contribution in [2.75, 3.05) is 0 Å². The van der Waals surface area contributed by atoms with E-state index in [9.17, 15) is 18.0 Å². The van der Waals surface area contributed by atoms with Crippen LogP contribution in [-0.2, 0) is 13.6 Å². The van der Waals surface area contributed by atoms with Crippen LogP contribution < -0.4 is 0 Å². The van der Waals surface area contributed by atoms with E-state index in [1.165, 1.54) is 9.36 Å². The quantitative estimate of drug-likeness (QED) is 0.765. The molecule has 2 rings (SSSR count). The van der Waals surface area contributed by atoms with Gasteiger partial charge in [0.25, 0.3) is 5.78 Å². The number of hydrogen-bond donors (Lipinski definition) is 0. The zero-order valence-corrected chi connectivity index (χ0v) is 9.22. The fourth-order valence-corrected chi connectivity index (χ4v) is 1.36. The van der Waals surface area contributed by atoms with Gasteiger partial charge in [-0.3, -0.25) is 14.2 Å². The molecule has 0 N–H and O–H groups in total. The fourth-order valence-electron chi connectivity index (χ4n) is 1.36. The van der Waals surface area contributed by atoms with Gasteiger partial charge in [-0.25, -0.2) is 0 Å². The van der Waals surface area contributed by atoms with Gasteiger partial charge in [-0.1, -0.05) is 5.21 Å². The first-order valence-corrected chi connectivity index (χ1v) is 4.85. The van der Waals surface area contributed by atoms with Crippen molar-refractivity contribution in [2.24, 2.45) is 7.05 Å². The molecule has 96 valence electrons. The van der Waals surface area contributed by atoms with E-state index in [1.54, 1.807) is 13.2 Å². The van der Waals surface area contributed by atoms with Crippen LogP contribution in [0.1, 0.15) is 16.1 Å². The highest BCUT2D eigenvalue weighted by Crippen LogP contribution is 2.20. The van der Waals surface area contributed by atoms with E-state index >= 15 is 0 Å². The SMILES string of the molecule is Cn1cc(Cn2cc(C(=O)C(F)(F)F)cn2)nn1. The van der Waals surface area contributed by atoms with Crippen LogP contribution in [0.3, 0.4) is 0 Å². The number of alkyl halides is 3. The number of aryl methyl sites for hydroxylation is 1. The lowest BCUT2D eigenvalue weighted by atomic mass is 10.2. The van der Waals surface area contributed by atoms with Gasteiger partial charge >= 0.3 is 6.18 Å². The van der Waals surface area contributed by atoms with Crippen LogP contribution in [0.25, 0.3) is 0 Å². The number of rotatable bonds is 3. The smallest absolute Gasteiger partial charge is 0.284 e. The molecule has 9 heteroatoms. The summed E-state index contributed by atoms with van der Waals surface area (Å²) in [7, 11) is 1.66. The van der Waals surface area contributed by atoms with E-state index < -0.39 is 17.5 Å². The van der Waals surface area contributed by atoms with Crippen molar-refractivity contribution in [1.82, 2.24) is 24.8 Å². The molecule has 0 aliphatic heterocycles. The predicted octanol–water partition coefficient (Wildman–Crippen LogP) is 0.805. The normalized spacial score (nSPS) is 11.8. The van der Waals surface area contributed by atoms with Crippen molar-refractivity contribution >= 4 is 5.78 Å². The van der Waals surface area contributed by atoms with Crippen LogP contribution in [0.15, 0.2) is 18.6 Å². The number of Topliss-reactive ketones (excluding diaryl/α,β-unsaturated/α-hetero) is 1. The van der Waals surface area contributed by atoms with Gasteiger partial charge in [0.1, 0.15) is 5.69 Å². The molecule has 18 heavy (non-hydrogen) atoms. The Morgan fingerprint density at radius 1 is 1.39 bits per heavy atom. The molecule has 0 bridgehead atoms. The molecule has 0 aliphatic rings. The molecule has 2 aromatic heterocycles. The Bertz CT molecular complexity index is 571. The summed E-state index contributed by atoms with van der Waals surface area (Å²) in [6.07, 6.45) is -1.37. The number of hydrogen-bond acceptors (Lipinski definition) is 4. The second-order valence-electron chi connectivity index (χ2n) is 3.64. The number of carbonyl (C=O) groups is 1. The first-order chi connectivity index (χ1) is 8.36. The van der Waals surface area contributed by atoms with E-state index in [4.69, 9.17) is 0 Å². The molecule has 6 nitrogen and oxygen atoms in total. The highest BCUT2D eigenvalue weighted by molar-refractivity contribution is 5.99. The molecule has 0 saturated heterocycles. The summed E-state index contributed by atoms with van der Waals surface area (Å²) < 4.78 is 39.1. The Labute approximate surface area is 99.0 Å². The van der Waals surface area contributed by atoms with E-state index in [1.807, 2.05) is 0 Å². The molecule has 0 aromatic carbocycles. The number of aromatic nitrogens is 5. The lowest BCUT2D eigenvalue weighted by Gasteiger charge is -2.01. The second kappa shape index (κ2) is 4.24. The van der Waals surface area contributed by atoms with Crippen molar-refractivity contribution in [3.63, 3.8) is 0 Å². The summed E-state index contributed by atoms with van der Waals surface area (Å²) in [4.78, 5) is 10.9. The van der Waals surface area contributed by atoms with Crippen molar-refractivity contribution in [3.8, 4) is 0 Å². The number of halogens is 3. The van der Waals surface area contributed by atoms with Crippen LogP contribution in [0.4, 0.5) is 13.2 Å². The van der Waals surface area contributed by atoms with Gasteiger partial charge < -0.3 is 0 Å². The van der Waals surface area contributed by atoms with Crippen molar-refractivity contribution in [2.45, 2.75) is 12.7 Å². The Kier molecular flexibility index (Phi) is 2.89. The second-order valence-corrected chi connectivity index (χ2v) is 3.64. The lowest BCUT2D eigenvalue weighted by molar-refractivity contribution is -0.0885. The van der Waals surface area contributed by atoms with Crippen molar-refractivity contribution < 1.29 is 18.0 Å². The van der Waals surface area contributed by atoms with Crippen LogP contribution in [-0.4, -0.2) is 36.7 Å². The molecule has 0 radical (unpaired) electrons. The molecule has 2 heterocycles. The Hall–Kier alpha value is -2.19. The number of carbonyl (C=O) groups excluding carboxylic acids is 1.